The van der Waals surface area contributed by atoms with Gasteiger partial charge in [-0.3, -0.25) is 0 Å². The number of aliphatic imine (C=N–C) groups is 1. The summed E-state index contributed by atoms with van der Waals surface area (Å²) in [6, 6.07) is 11.2. The summed E-state index contributed by atoms with van der Waals surface area (Å²) in [5.74, 6) is -0.954. The Hall–Kier alpha value is -2.04. The molecule has 0 heterocycles. The number of alkyl halides is 3. The summed E-state index contributed by atoms with van der Waals surface area (Å²) >= 11 is 0. The quantitative estimate of drug-likeness (QED) is 0.314. The van der Waals surface area contributed by atoms with Gasteiger partial charge in [0.05, 0.1) is 12.2 Å². The van der Waals surface area contributed by atoms with Gasteiger partial charge in [-0.2, -0.15) is 0 Å². The fourth-order valence-electron chi connectivity index (χ4n) is 1.77. The van der Waals surface area contributed by atoms with Gasteiger partial charge < -0.3 is 15.8 Å². The van der Waals surface area contributed by atoms with Crippen LogP contribution in [0.2, 0.25) is 0 Å². The summed E-state index contributed by atoms with van der Waals surface area (Å²) in [4.78, 5) is 3.95. The molecular weight excluding hydrogens is 441 g/mol. The molecule has 4 nitrogen and oxygen atoms in total. The zero-order valence-corrected chi connectivity index (χ0v) is 14.5. The topological polar surface area (TPSA) is 59.6 Å². The average Bonchev–Trinajstić information content (AvgIpc) is 2.46. The van der Waals surface area contributed by atoms with Crippen LogP contribution in [0.3, 0.4) is 0 Å². The number of hydrogen-bond acceptors (Lipinski definition) is 2. The fourth-order valence-corrected chi connectivity index (χ4v) is 1.77. The molecule has 0 aliphatic rings. The van der Waals surface area contributed by atoms with Gasteiger partial charge in [0.1, 0.15) is 5.82 Å². The molecule has 0 aromatic heterocycles. The number of nitrogens with two attached hydrogens (primary N) is 1. The molecule has 3 N–H and O–H groups in total. The van der Waals surface area contributed by atoms with Gasteiger partial charge in [-0.05, 0) is 29.8 Å². The van der Waals surface area contributed by atoms with Crippen LogP contribution in [-0.2, 0) is 6.54 Å². The van der Waals surface area contributed by atoms with Gasteiger partial charge in [-0.1, -0.05) is 24.3 Å². The van der Waals surface area contributed by atoms with Gasteiger partial charge >= 0.3 is 6.36 Å². The Balaban J connectivity index is 0.00000288. The predicted octanol–water partition coefficient (Wildman–Crippen LogP) is 4.27. The van der Waals surface area contributed by atoms with E-state index >= 15 is 0 Å². The van der Waals surface area contributed by atoms with Crippen molar-refractivity contribution in [3.8, 4) is 5.75 Å². The first-order chi connectivity index (χ1) is 10.8. The number of para-hydroxylation sites is 2. The van der Waals surface area contributed by atoms with Gasteiger partial charge in [-0.15, -0.1) is 37.1 Å². The van der Waals surface area contributed by atoms with Crippen molar-refractivity contribution in [1.82, 2.24) is 0 Å². The van der Waals surface area contributed by atoms with Crippen molar-refractivity contribution >= 4 is 35.6 Å². The Morgan fingerprint density at radius 1 is 1.12 bits per heavy atom. The molecule has 0 aliphatic heterocycles. The van der Waals surface area contributed by atoms with Gasteiger partial charge in [0.25, 0.3) is 0 Å². The molecule has 130 valence electrons. The first kappa shape index (κ1) is 20.0. The molecule has 9 heteroatoms. The minimum absolute atomic E-state index is 0. The van der Waals surface area contributed by atoms with Crippen LogP contribution in [-0.4, -0.2) is 12.3 Å². The van der Waals surface area contributed by atoms with E-state index in [-0.39, 0.29) is 42.2 Å². The van der Waals surface area contributed by atoms with Crippen LogP contribution >= 0.6 is 24.0 Å². The second-order valence-electron chi connectivity index (χ2n) is 4.50. The van der Waals surface area contributed by atoms with E-state index in [1.54, 1.807) is 6.07 Å². The first-order valence-electron chi connectivity index (χ1n) is 6.49. The smallest absolute Gasteiger partial charge is 0.404 e. The summed E-state index contributed by atoms with van der Waals surface area (Å²) < 4.78 is 53.9. The van der Waals surface area contributed by atoms with Crippen LogP contribution in [0, 0.1) is 5.82 Å². The minimum Gasteiger partial charge on any atom is -0.404 e. The number of benzene rings is 2. The van der Waals surface area contributed by atoms with E-state index in [1.165, 1.54) is 36.4 Å². The fraction of sp³-hybridized carbons (Fsp3) is 0.133. The number of ether oxygens (including phenoxy) is 1. The largest absolute Gasteiger partial charge is 0.573 e. The molecule has 0 radical (unpaired) electrons. The van der Waals surface area contributed by atoms with Crippen LogP contribution in [0.15, 0.2) is 53.5 Å². The Morgan fingerprint density at radius 3 is 2.50 bits per heavy atom. The molecular formula is C15H14F4IN3O. The van der Waals surface area contributed by atoms with Crippen LogP contribution in [0.25, 0.3) is 0 Å². The third kappa shape index (κ3) is 6.60. The standard InChI is InChI=1S/C15H13F4N3O.HI/c16-11-5-3-4-10(8-11)9-21-14(20)22-12-6-1-2-7-13(12)23-15(17,18)19;/h1-8H,9H2,(H3,20,21,22);1H. The van der Waals surface area contributed by atoms with E-state index in [9.17, 15) is 17.6 Å². The van der Waals surface area contributed by atoms with Crippen molar-refractivity contribution in [2.45, 2.75) is 12.9 Å². The SMILES string of the molecule is I.NC(=NCc1cccc(F)c1)Nc1ccccc1OC(F)(F)F. The van der Waals surface area contributed by atoms with Crippen LogP contribution in [0.4, 0.5) is 23.2 Å². The van der Waals surface area contributed by atoms with E-state index < -0.39 is 17.9 Å². The summed E-state index contributed by atoms with van der Waals surface area (Å²) in [5, 5.41) is 2.53. The number of nitrogens with zero attached hydrogens (tertiary/aromatic N) is 1. The Labute approximate surface area is 152 Å². The van der Waals surface area contributed by atoms with Gasteiger partial charge in [0.15, 0.2) is 11.7 Å². The van der Waals surface area contributed by atoms with Crippen molar-refractivity contribution in [2.24, 2.45) is 10.7 Å². The number of nitrogens with one attached hydrogen (secondary N) is 1. The highest BCUT2D eigenvalue weighted by molar-refractivity contribution is 14.0. The third-order valence-corrected chi connectivity index (χ3v) is 2.70. The first-order valence-corrected chi connectivity index (χ1v) is 6.49. The molecule has 0 unspecified atom stereocenters. The molecule has 0 spiro atoms. The van der Waals surface area contributed by atoms with Crippen molar-refractivity contribution in [1.29, 1.82) is 0 Å². The average molecular weight is 455 g/mol. The van der Waals surface area contributed by atoms with E-state index in [0.29, 0.717) is 5.56 Å². The van der Waals surface area contributed by atoms with E-state index in [0.717, 1.165) is 6.07 Å². The number of halogens is 5. The van der Waals surface area contributed by atoms with Crippen molar-refractivity contribution in [2.75, 3.05) is 5.32 Å². The molecule has 0 atom stereocenters. The summed E-state index contributed by atoms with van der Waals surface area (Å²) in [6.45, 7) is 0.0822. The maximum absolute atomic E-state index is 13.0. The van der Waals surface area contributed by atoms with Gasteiger partial charge in [0.2, 0.25) is 0 Å². The summed E-state index contributed by atoms with van der Waals surface area (Å²) in [6.07, 6.45) is -4.81. The Kier molecular flexibility index (Phi) is 7.26. The molecule has 0 fully saturated rings. The van der Waals surface area contributed by atoms with Crippen LogP contribution in [0.1, 0.15) is 5.56 Å². The van der Waals surface area contributed by atoms with Crippen LogP contribution < -0.4 is 15.8 Å². The highest BCUT2D eigenvalue weighted by Gasteiger charge is 2.32. The molecule has 0 amide bonds. The monoisotopic (exact) mass is 455 g/mol. The summed E-state index contributed by atoms with van der Waals surface area (Å²) in [7, 11) is 0. The maximum Gasteiger partial charge on any atom is 0.573 e. The molecule has 0 saturated heterocycles. The van der Waals surface area contributed by atoms with E-state index in [1.807, 2.05) is 0 Å². The molecule has 2 aromatic rings. The lowest BCUT2D eigenvalue weighted by molar-refractivity contribution is -0.274. The predicted molar refractivity (Wildman–Crippen MR) is 93.9 cm³/mol. The lowest BCUT2D eigenvalue weighted by Gasteiger charge is -2.14. The second-order valence-corrected chi connectivity index (χ2v) is 4.50. The Bertz CT molecular complexity index is 707. The lowest BCUT2D eigenvalue weighted by Crippen LogP contribution is -2.24. The van der Waals surface area contributed by atoms with Gasteiger partial charge in [-0.25, -0.2) is 9.38 Å². The zero-order chi connectivity index (χ0) is 16.9. The number of guanidine groups is 1. The lowest BCUT2D eigenvalue weighted by atomic mass is 10.2. The Morgan fingerprint density at radius 2 is 1.83 bits per heavy atom. The molecule has 0 aliphatic carbocycles. The van der Waals surface area contributed by atoms with Crippen molar-refractivity contribution in [3.63, 3.8) is 0 Å². The van der Waals surface area contributed by atoms with Gasteiger partial charge in [0, 0.05) is 0 Å². The number of rotatable bonds is 4. The highest BCUT2D eigenvalue weighted by Crippen LogP contribution is 2.29. The molecule has 2 aromatic carbocycles. The molecule has 2 rings (SSSR count). The van der Waals surface area contributed by atoms with E-state index in [4.69, 9.17) is 5.73 Å². The summed E-state index contributed by atoms with van der Waals surface area (Å²) in [5.41, 5.74) is 6.23. The third-order valence-electron chi connectivity index (χ3n) is 2.70. The molecule has 24 heavy (non-hydrogen) atoms. The maximum atomic E-state index is 13.0. The highest BCUT2D eigenvalue weighted by atomic mass is 127. The second kappa shape index (κ2) is 8.71. The van der Waals surface area contributed by atoms with E-state index in [2.05, 4.69) is 15.0 Å². The number of hydrogen-bond donors (Lipinski definition) is 2. The zero-order valence-electron chi connectivity index (χ0n) is 12.2. The minimum atomic E-state index is -4.81. The van der Waals surface area contributed by atoms with Crippen molar-refractivity contribution < 1.29 is 22.3 Å². The van der Waals surface area contributed by atoms with Crippen LogP contribution in [0.5, 0.6) is 5.75 Å². The molecule has 0 saturated carbocycles. The molecule has 0 bridgehead atoms. The van der Waals surface area contributed by atoms with Crippen molar-refractivity contribution in [3.05, 3.63) is 59.9 Å². The normalized spacial score (nSPS) is 11.6. The number of anilines is 1.